The van der Waals surface area contributed by atoms with E-state index in [1.807, 2.05) is 12.1 Å². The van der Waals surface area contributed by atoms with Crippen LogP contribution in [0.4, 0.5) is 10.1 Å². The quantitative estimate of drug-likeness (QED) is 0.764. The molecule has 1 aliphatic heterocycles. The molecule has 1 aliphatic carbocycles. The third-order valence-corrected chi connectivity index (χ3v) is 3.70. The summed E-state index contributed by atoms with van der Waals surface area (Å²) in [7, 11) is 0. The molecule has 0 radical (unpaired) electrons. The van der Waals surface area contributed by atoms with Crippen LogP contribution in [-0.4, -0.2) is 6.04 Å². The van der Waals surface area contributed by atoms with Crippen molar-refractivity contribution in [1.82, 2.24) is 0 Å². The SMILES string of the molecule is Fc1ccc2c(c1)NC1Cc3ccccc3C1O2. The van der Waals surface area contributed by atoms with Crippen LogP contribution in [0.2, 0.25) is 0 Å². The number of ether oxygens (including phenoxy) is 1. The Balaban J connectivity index is 1.77. The summed E-state index contributed by atoms with van der Waals surface area (Å²) in [5.74, 6) is 0.494. The summed E-state index contributed by atoms with van der Waals surface area (Å²) in [4.78, 5) is 0. The van der Waals surface area contributed by atoms with Gasteiger partial charge in [-0.25, -0.2) is 4.39 Å². The van der Waals surface area contributed by atoms with Crippen molar-refractivity contribution in [3.63, 3.8) is 0 Å². The van der Waals surface area contributed by atoms with Gasteiger partial charge in [0.25, 0.3) is 0 Å². The van der Waals surface area contributed by atoms with Gasteiger partial charge in [0.1, 0.15) is 17.7 Å². The lowest BCUT2D eigenvalue weighted by molar-refractivity contribution is 0.183. The highest BCUT2D eigenvalue weighted by Crippen LogP contribution is 2.43. The van der Waals surface area contributed by atoms with Crippen LogP contribution in [0.15, 0.2) is 42.5 Å². The number of halogens is 1. The van der Waals surface area contributed by atoms with Crippen LogP contribution in [0, 0.1) is 5.82 Å². The van der Waals surface area contributed by atoms with Gasteiger partial charge in [-0.3, -0.25) is 0 Å². The molecule has 0 spiro atoms. The van der Waals surface area contributed by atoms with Crippen LogP contribution in [0.1, 0.15) is 17.2 Å². The molecular weight excluding hydrogens is 229 g/mol. The monoisotopic (exact) mass is 241 g/mol. The third-order valence-electron chi connectivity index (χ3n) is 3.70. The van der Waals surface area contributed by atoms with E-state index in [1.165, 1.54) is 23.3 Å². The minimum Gasteiger partial charge on any atom is -0.481 e. The molecule has 0 amide bonds. The van der Waals surface area contributed by atoms with Crippen molar-refractivity contribution in [2.45, 2.75) is 18.6 Å². The Labute approximate surface area is 104 Å². The smallest absolute Gasteiger partial charge is 0.144 e. The zero-order valence-corrected chi connectivity index (χ0v) is 9.69. The second-order valence-corrected chi connectivity index (χ2v) is 4.83. The Morgan fingerprint density at radius 3 is 3.00 bits per heavy atom. The van der Waals surface area contributed by atoms with Gasteiger partial charge in [0.05, 0.1) is 11.7 Å². The summed E-state index contributed by atoms with van der Waals surface area (Å²) in [6.07, 6.45) is 0.968. The fraction of sp³-hybridized carbons (Fsp3) is 0.200. The summed E-state index contributed by atoms with van der Waals surface area (Å²) in [5.41, 5.74) is 3.31. The van der Waals surface area contributed by atoms with Gasteiger partial charge in [0.15, 0.2) is 0 Å². The first-order valence-electron chi connectivity index (χ1n) is 6.12. The second-order valence-electron chi connectivity index (χ2n) is 4.83. The summed E-state index contributed by atoms with van der Waals surface area (Å²) in [6, 6.07) is 13.1. The maximum atomic E-state index is 13.2. The van der Waals surface area contributed by atoms with Gasteiger partial charge in [-0.2, -0.15) is 0 Å². The summed E-state index contributed by atoms with van der Waals surface area (Å²) < 4.78 is 19.2. The highest BCUT2D eigenvalue weighted by Gasteiger charge is 2.37. The van der Waals surface area contributed by atoms with Crippen molar-refractivity contribution in [2.24, 2.45) is 0 Å². The average molecular weight is 241 g/mol. The van der Waals surface area contributed by atoms with E-state index in [-0.39, 0.29) is 18.0 Å². The average Bonchev–Trinajstić information content (AvgIpc) is 2.73. The first-order chi connectivity index (χ1) is 8.81. The van der Waals surface area contributed by atoms with Crippen molar-refractivity contribution < 1.29 is 9.13 Å². The van der Waals surface area contributed by atoms with Crippen LogP contribution >= 0.6 is 0 Å². The van der Waals surface area contributed by atoms with E-state index >= 15 is 0 Å². The second kappa shape index (κ2) is 3.48. The molecule has 2 aromatic carbocycles. The van der Waals surface area contributed by atoms with Gasteiger partial charge < -0.3 is 10.1 Å². The normalized spacial score (nSPS) is 23.4. The molecule has 1 heterocycles. The number of anilines is 1. The molecular formula is C15H12FNO. The number of nitrogens with one attached hydrogen (secondary N) is 1. The lowest BCUT2D eigenvalue weighted by atomic mass is 10.1. The minimum atomic E-state index is -0.237. The molecule has 0 aromatic heterocycles. The largest absolute Gasteiger partial charge is 0.481 e. The van der Waals surface area contributed by atoms with Crippen molar-refractivity contribution in [1.29, 1.82) is 0 Å². The summed E-state index contributed by atoms with van der Waals surface area (Å²) in [6.45, 7) is 0. The lowest BCUT2D eigenvalue weighted by Crippen LogP contribution is -2.32. The van der Waals surface area contributed by atoms with E-state index in [0.29, 0.717) is 0 Å². The molecule has 0 saturated heterocycles. The molecule has 90 valence electrons. The molecule has 2 unspecified atom stereocenters. The van der Waals surface area contributed by atoms with Crippen LogP contribution in [-0.2, 0) is 6.42 Å². The Kier molecular flexibility index (Phi) is 1.92. The minimum absolute atomic E-state index is 0.0409. The molecule has 0 saturated carbocycles. The third kappa shape index (κ3) is 1.33. The maximum Gasteiger partial charge on any atom is 0.144 e. The topological polar surface area (TPSA) is 21.3 Å². The van der Waals surface area contributed by atoms with Crippen LogP contribution in [0.5, 0.6) is 5.75 Å². The van der Waals surface area contributed by atoms with Gasteiger partial charge in [0, 0.05) is 6.07 Å². The molecule has 2 atom stereocenters. The Bertz CT molecular complexity index is 626. The van der Waals surface area contributed by atoms with Crippen LogP contribution < -0.4 is 10.1 Å². The van der Waals surface area contributed by atoms with Crippen molar-refractivity contribution in [3.05, 3.63) is 59.4 Å². The number of fused-ring (bicyclic) bond motifs is 4. The predicted octanol–water partition coefficient (Wildman–Crippen LogP) is 3.30. The number of hydrogen-bond acceptors (Lipinski definition) is 2. The number of hydrogen-bond donors (Lipinski definition) is 1. The summed E-state index contributed by atoms with van der Waals surface area (Å²) in [5, 5.41) is 3.38. The Morgan fingerprint density at radius 1 is 1.17 bits per heavy atom. The Morgan fingerprint density at radius 2 is 2.06 bits per heavy atom. The fourth-order valence-electron chi connectivity index (χ4n) is 2.88. The molecule has 2 aromatic rings. The van der Waals surface area contributed by atoms with Gasteiger partial charge in [-0.05, 0) is 29.7 Å². The van der Waals surface area contributed by atoms with Gasteiger partial charge in [-0.1, -0.05) is 24.3 Å². The molecule has 18 heavy (non-hydrogen) atoms. The number of rotatable bonds is 0. The van der Waals surface area contributed by atoms with E-state index in [1.54, 1.807) is 6.07 Å². The first-order valence-corrected chi connectivity index (χ1v) is 6.12. The standard InChI is InChI=1S/C15H12FNO/c16-10-5-6-14-12(8-10)17-13-7-9-3-1-2-4-11(9)15(13)18-14/h1-6,8,13,15,17H,7H2. The van der Waals surface area contributed by atoms with Crippen LogP contribution in [0.3, 0.4) is 0 Å². The highest BCUT2D eigenvalue weighted by atomic mass is 19.1. The molecule has 1 N–H and O–H groups in total. The maximum absolute atomic E-state index is 13.2. The molecule has 2 aliphatic rings. The zero-order valence-electron chi connectivity index (χ0n) is 9.69. The lowest BCUT2D eigenvalue weighted by Gasteiger charge is -2.31. The summed E-state index contributed by atoms with van der Waals surface area (Å²) >= 11 is 0. The fourth-order valence-corrected chi connectivity index (χ4v) is 2.88. The highest BCUT2D eigenvalue weighted by molar-refractivity contribution is 5.61. The van der Waals surface area contributed by atoms with E-state index in [4.69, 9.17) is 4.74 Å². The van der Waals surface area contributed by atoms with Gasteiger partial charge in [-0.15, -0.1) is 0 Å². The van der Waals surface area contributed by atoms with Gasteiger partial charge >= 0.3 is 0 Å². The molecule has 3 heteroatoms. The Hall–Kier alpha value is -2.03. The molecule has 0 fully saturated rings. The first kappa shape index (κ1) is 9.95. The number of benzene rings is 2. The molecule has 2 nitrogen and oxygen atoms in total. The van der Waals surface area contributed by atoms with Gasteiger partial charge in [0.2, 0.25) is 0 Å². The zero-order chi connectivity index (χ0) is 12.1. The van der Waals surface area contributed by atoms with E-state index < -0.39 is 0 Å². The predicted molar refractivity (Wildman–Crippen MR) is 67.3 cm³/mol. The van der Waals surface area contributed by atoms with E-state index in [2.05, 4.69) is 17.4 Å². The molecule has 4 rings (SSSR count). The van der Waals surface area contributed by atoms with Crippen molar-refractivity contribution in [3.8, 4) is 5.75 Å². The van der Waals surface area contributed by atoms with E-state index in [9.17, 15) is 4.39 Å². The van der Waals surface area contributed by atoms with Crippen molar-refractivity contribution >= 4 is 5.69 Å². The van der Waals surface area contributed by atoms with Crippen molar-refractivity contribution in [2.75, 3.05) is 5.32 Å². The molecule has 0 bridgehead atoms. The van der Waals surface area contributed by atoms with Crippen LogP contribution in [0.25, 0.3) is 0 Å². The van der Waals surface area contributed by atoms with E-state index in [0.717, 1.165) is 17.9 Å².